The predicted octanol–water partition coefficient (Wildman–Crippen LogP) is 0.307. The molecule has 2 aromatic heterocycles. The highest BCUT2D eigenvalue weighted by Crippen LogP contribution is 2.15. The summed E-state index contributed by atoms with van der Waals surface area (Å²) >= 11 is 0. The minimum atomic E-state index is -4.41. The lowest BCUT2D eigenvalue weighted by Crippen LogP contribution is -2.17. The third kappa shape index (κ3) is 2.77. The van der Waals surface area contributed by atoms with Crippen LogP contribution in [0.4, 0.5) is 19.1 Å². The zero-order chi connectivity index (χ0) is 13.3. The van der Waals surface area contributed by atoms with Gasteiger partial charge in [0.2, 0.25) is 5.95 Å². The third-order valence-corrected chi connectivity index (χ3v) is 1.93. The number of aromatic nitrogens is 4. The number of H-pyrrole nitrogens is 2. The Morgan fingerprint density at radius 1 is 1.28 bits per heavy atom. The first kappa shape index (κ1) is 12.4. The van der Waals surface area contributed by atoms with Crippen molar-refractivity contribution in [3.8, 4) is 0 Å². The smallest absolute Gasteiger partial charge is 0.369 e. The summed E-state index contributed by atoms with van der Waals surface area (Å²) in [6.07, 6.45) is -4.41. The molecule has 0 fully saturated rings. The Kier molecular flexibility index (Phi) is 2.95. The average molecular weight is 263 g/mol. The summed E-state index contributed by atoms with van der Waals surface area (Å²) in [5.41, 5.74) is 4.81. The first-order chi connectivity index (χ1) is 8.35. The molecule has 0 unspecified atom stereocenters. The van der Waals surface area contributed by atoms with Crippen molar-refractivity contribution in [1.29, 1.82) is 0 Å². The van der Waals surface area contributed by atoms with E-state index < -0.39 is 24.9 Å². The second-order valence-electron chi connectivity index (χ2n) is 3.44. The number of rotatable bonds is 3. The number of aromatic amines is 2. The minimum absolute atomic E-state index is 0.0295. The van der Waals surface area contributed by atoms with Crippen LogP contribution in [-0.4, -0.2) is 32.7 Å². The lowest BCUT2D eigenvalue weighted by molar-refractivity contribution is -0.177. The highest BCUT2D eigenvalue weighted by atomic mass is 19.4. The Hall–Kier alpha value is -2.10. The number of imidazole rings is 1. The number of anilines is 1. The molecule has 2 heterocycles. The largest absolute Gasteiger partial charge is 0.411 e. The highest BCUT2D eigenvalue weighted by molar-refractivity contribution is 5.70. The molecule has 0 spiro atoms. The van der Waals surface area contributed by atoms with Gasteiger partial charge in [-0.1, -0.05) is 0 Å². The lowest BCUT2D eigenvalue weighted by Gasteiger charge is -2.05. The molecule has 2 aromatic rings. The van der Waals surface area contributed by atoms with Crippen LogP contribution in [0.25, 0.3) is 11.2 Å². The molecular weight excluding hydrogens is 255 g/mol. The number of ether oxygens (including phenoxy) is 1. The second kappa shape index (κ2) is 4.29. The molecule has 0 aliphatic heterocycles. The summed E-state index contributed by atoms with van der Waals surface area (Å²) in [6, 6.07) is 0. The number of nitrogens with two attached hydrogens (primary N) is 1. The maximum Gasteiger partial charge on any atom is 0.411 e. The molecule has 4 N–H and O–H groups in total. The molecule has 0 saturated carbocycles. The van der Waals surface area contributed by atoms with Crippen LogP contribution >= 0.6 is 0 Å². The van der Waals surface area contributed by atoms with Crippen LogP contribution in [0.1, 0.15) is 5.82 Å². The molecule has 10 heteroatoms. The molecular formula is C8H8F3N5O2. The van der Waals surface area contributed by atoms with E-state index in [1.807, 2.05) is 0 Å². The van der Waals surface area contributed by atoms with Gasteiger partial charge in [0.05, 0.1) is 0 Å². The fraction of sp³-hybridized carbons (Fsp3) is 0.375. The van der Waals surface area contributed by atoms with Crippen molar-refractivity contribution in [1.82, 2.24) is 19.9 Å². The standard InChI is InChI=1S/C8H8F3N5O2/c9-8(10,11)2-18-1-3-13-4-5(14-3)15-7(12)16-6(4)17/h1-2H2,(H4,12,13,14,15,16,17). The molecule has 0 bridgehead atoms. The normalized spacial score (nSPS) is 12.2. The summed E-state index contributed by atoms with van der Waals surface area (Å²) < 4.78 is 39.9. The third-order valence-electron chi connectivity index (χ3n) is 1.93. The van der Waals surface area contributed by atoms with Crippen molar-refractivity contribution in [2.24, 2.45) is 0 Å². The Morgan fingerprint density at radius 2 is 2.00 bits per heavy atom. The van der Waals surface area contributed by atoms with Crippen molar-refractivity contribution in [2.75, 3.05) is 12.3 Å². The summed E-state index contributed by atoms with van der Waals surface area (Å²) in [5.74, 6) is -0.0559. The van der Waals surface area contributed by atoms with Crippen molar-refractivity contribution >= 4 is 17.1 Å². The van der Waals surface area contributed by atoms with Crippen molar-refractivity contribution in [3.05, 3.63) is 16.2 Å². The van der Waals surface area contributed by atoms with E-state index in [0.29, 0.717) is 0 Å². The summed E-state index contributed by atoms with van der Waals surface area (Å²) in [7, 11) is 0. The van der Waals surface area contributed by atoms with Crippen molar-refractivity contribution in [3.63, 3.8) is 0 Å². The minimum Gasteiger partial charge on any atom is -0.369 e. The number of nitrogens with one attached hydrogen (secondary N) is 2. The molecule has 0 saturated heterocycles. The number of hydrogen-bond donors (Lipinski definition) is 3. The van der Waals surface area contributed by atoms with Gasteiger partial charge in [-0.25, -0.2) is 4.98 Å². The van der Waals surface area contributed by atoms with Gasteiger partial charge in [-0.05, 0) is 0 Å². The topological polar surface area (TPSA) is 110 Å². The van der Waals surface area contributed by atoms with E-state index in [1.165, 1.54) is 0 Å². The average Bonchev–Trinajstić information content (AvgIpc) is 2.58. The molecule has 0 aliphatic rings. The van der Waals surface area contributed by atoms with Crippen LogP contribution in [-0.2, 0) is 11.3 Å². The van der Waals surface area contributed by atoms with Gasteiger partial charge in [-0.3, -0.25) is 9.78 Å². The van der Waals surface area contributed by atoms with Gasteiger partial charge in [0.25, 0.3) is 5.56 Å². The van der Waals surface area contributed by atoms with Crippen LogP contribution < -0.4 is 11.3 Å². The van der Waals surface area contributed by atoms with E-state index in [1.54, 1.807) is 0 Å². The quantitative estimate of drug-likeness (QED) is 0.738. The Bertz CT molecular complexity index is 617. The number of fused-ring (bicyclic) bond motifs is 1. The van der Waals surface area contributed by atoms with Crippen LogP contribution in [0, 0.1) is 0 Å². The van der Waals surface area contributed by atoms with Gasteiger partial charge in [0.1, 0.15) is 19.0 Å². The molecule has 2 rings (SSSR count). The monoisotopic (exact) mass is 263 g/mol. The number of halogens is 3. The van der Waals surface area contributed by atoms with E-state index in [2.05, 4.69) is 24.7 Å². The molecule has 0 atom stereocenters. The maximum absolute atomic E-state index is 11.8. The number of alkyl halides is 3. The summed E-state index contributed by atoms with van der Waals surface area (Å²) in [6.45, 7) is -1.80. The first-order valence-corrected chi connectivity index (χ1v) is 4.74. The maximum atomic E-state index is 11.8. The Morgan fingerprint density at radius 3 is 2.67 bits per heavy atom. The molecule has 0 radical (unpaired) electrons. The number of nitrogen functional groups attached to an aromatic ring is 1. The van der Waals surface area contributed by atoms with E-state index in [4.69, 9.17) is 5.73 Å². The molecule has 0 amide bonds. The molecule has 98 valence electrons. The molecule has 7 nitrogen and oxygen atoms in total. The SMILES string of the molecule is Nc1nc2nc(COCC(F)(F)F)[nH]c2c(=O)[nH]1. The first-order valence-electron chi connectivity index (χ1n) is 4.74. The second-order valence-corrected chi connectivity index (χ2v) is 3.44. The van der Waals surface area contributed by atoms with Crippen molar-refractivity contribution < 1.29 is 17.9 Å². The van der Waals surface area contributed by atoms with Gasteiger partial charge < -0.3 is 15.5 Å². The Balaban J connectivity index is 2.16. The predicted molar refractivity (Wildman–Crippen MR) is 54.6 cm³/mol. The molecule has 0 aliphatic carbocycles. The van der Waals surface area contributed by atoms with Gasteiger partial charge in [0, 0.05) is 0 Å². The summed E-state index contributed by atoms with van der Waals surface area (Å²) in [5, 5.41) is 0. The van der Waals surface area contributed by atoms with Crippen LogP contribution in [0.2, 0.25) is 0 Å². The van der Waals surface area contributed by atoms with E-state index in [0.717, 1.165) is 0 Å². The number of hydrogen-bond acceptors (Lipinski definition) is 5. The van der Waals surface area contributed by atoms with Gasteiger partial charge in [-0.2, -0.15) is 18.2 Å². The van der Waals surface area contributed by atoms with Crippen LogP contribution in [0.15, 0.2) is 4.79 Å². The molecule has 0 aromatic carbocycles. The number of nitrogens with zero attached hydrogens (tertiary/aromatic N) is 2. The fourth-order valence-corrected chi connectivity index (χ4v) is 1.30. The van der Waals surface area contributed by atoms with Crippen LogP contribution in [0.3, 0.4) is 0 Å². The van der Waals surface area contributed by atoms with E-state index in [-0.39, 0.29) is 22.9 Å². The van der Waals surface area contributed by atoms with Gasteiger partial charge in [-0.15, -0.1) is 0 Å². The fourth-order valence-electron chi connectivity index (χ4n) is 1.30. The highest BCUT2D eigenvalue weighted by Gasteiger charge is 2.27. The van der Waals surface area contributed by atoms with E-state index in [9.17, 15) is 18.0 Å². The van der Waals surface area contributed by atoms with Gasteiger partial charge in [0.15, 0.2) is 11.2 Å². The van der Waals surface area contributed by atoms with Gasteiger partial charge >= 0.3 is 6.18 Å². The summed E-state index contributed by atoms with van der Waals surface area (Å²) in [4.78, 5) is 23.6. The molecule has 18 heavy (non-hydrogen) atoms. The Labute approximate surface area is 97.2 Å². The van der Waals surface area contributed by atoms with E-state index >= 15 is 0 Å². The zero-order valence-corrected chi connectivity index (χ0v) is 8.84. The lowest BCUT2D eigenvalue weighted by atomic mass is 10.5. The van der Waals surface area contributed by atoms with Crippen molar-refractivity contribution in [2.45, 2.75) is 12.8 Å². The van der Waals surface area contributed by atoms with Crippen LogP contribution in [0.5, 0.6) is 0 Å². The zero-order valence-electron chi connectivity index (χ0n) is 8.84.